The van der Waals surface area contributed by atoms with Crippen LogP contribution in [0.3, 0.4) is 0 Å². The van der Waals surface area contributed by atoms with E-state index in [-0.39, 0.29) is 55.8 Å². The third kappa shape index (κ3) is 15.3. The molecule has 3 saturated heterocycles. The first kappa shape index (κ1) is 65.6. The molecule has 1 aromatic carbocycles. The standard InChI is InChI=1S/C59H93N3O17/c1-17-27-73-55(69)41-32-62(19-3)42-23-22-39(29-40(42)48(41)65)21-20-25-60-26-24-45(63)77-53-38(9)75-46(31-58(53,11)72-16)78-50-36(7)52(79-56-49(66)43(61(13)14)28-34(5)74-56)57(10,71-15)30-33(4)47(64)35(6)51(67)59(12,70)44(18-2)76-54(68)37(50)8/h17,22-23,29,32-38,43-44,46,49-53,56,60,66-67,70H,1,18-21,24-28,30-31H2,2-16H3/t33-,34+,35-,36+,37+,38-,43-,44-,46-,49-,50-,51+,52+,53+,56-,57+,58-,59+/m0/s1. The Labute approximate surface area is 467 Å². The second-order valence-corrected chi connectivity index (χ2v) is 23.1. The lowest BCUT2D eigenvalue weighted by Gasteiger charge is -2.50. The van der Waals surface area contributed by atoms with Crippen molar-refractivity contribution >= 4 is 34.6 Å². The van der Waals surface area contributed by atoms with Gasteiger partial charge in [-0.05, 0) is 119 Å². The van der Waals surface area contributed by atoms with Crippen molar-refractivity contribution in [3.05, 3.63) is 58.4 Å². The van der Waals surface area contributed by atoms with Gasteiger partial charge in [0.2, 0.25) is 5.43 Å². The lowest BCUT2D eigenvalue weighted by Crippen LogP contribution is -2.61. The first-order chi connectivity index (χ1) is 37.1. The lowest BCUT2D eigenvalue weighted by molar-refractivity contribution is -0.320. The van der Waals surface area contributed by atoms with Crippen molar-refractivity contribution in [1.29, 1.82) is 0 Å². The molecule has 0 radical (unpaired) electrons. The van der Waals surface area contributed by atoms with E-state index >= 15 is 0 Å². The van der Waals surface area contributed by atoms with Crippen LogP contribution in [-0.2, 0) is 70.0 Å². The Morgan fingerprint density at radius 3 is 2.22 bits per heavy atom. The number of esters is 3. The highest BCUT2D eigenvalue weighted by Crippen LogP contribution is 2.42. The molecule has 20 nitrogen and oxygen atoms in total. The Balaban J connectivity index is 1.34. The van der Waals surface area contributed by atoms with Gasteiger partial charge in [0.05, 0.1) is 54.0 Å². The predicted molar refractivity (Wildman–Crippen MR) is 295 cm³/mol. The minimum absolute atomic E-state index is 0.00357. The molecule has 4 N–H and O–H groups in total. The second-order valence-electron chi connectivity index (χ2n) is 23.1. The van der Waals surface area contributed by atoms with E-state index in [0.29, 0.717) is 44.3 Å². The lowest BCUT2D eigenvalue weighted by atomic mass is 9.74. The number of Topliss-reactive ketones (excluding diaryl/α,β-unsaturated/α-hetero) is 1. The SMILES string of the molecule is C=CCOC(=O)c1cn(CC)c2ccc(CCCNCCC(=O)O[C@@H]3[C@H](C)O[C@@H](O[C@H]4[C@@H](C)[C@@H](O[C@@H]5O[C@H](C)C[C@H](N(C)C)[C@@H]5O)[C@](C)(OC)C[C@H](C)C(=O)[C@H](C)[C@@H](O)[C@](C)(O)[C@H](CC)OC(=O)[C@@H]4C)C[C@]3(C)OC)cc2c1=O. The minimum atomic E-state index is -2.03. The number of hydrogen-bond acceptors (Lipinski definition) is 19. The molecule has 0 aliphatic carbocycles. The molecule has 3 aliphatic heterocycles. The van der Waals surface area contributed by atoms with Crippen molar-refractivity contribution in [3.63, 3.8) is 0 Å². The highest BCUT2D eigenvalue weighted by molar-refractivity contribution is 5.94. The number of rotatable bonds is 20. The second kappa shape index (κ2) is 28.2. The Morgan fingerprint density at radius 1 is 0.924 bits per heavy atom. The number of nitrogens with one attached hydrogen (secondary N) is 1. The van der Waals surface area contributed by atoms with Crippen LogP contribution in [0.2, 0.25) is 0 Å². The number of benzene rings is 1. The average molecular weight is 1120 g/mol. The average Bonchev–Trinajstić information content (AvgIpc) is 3.43. The van der Waals surface area contributed by atoms with E-state index in [9.17, 15) is 39.3 Å². The van der Waals surface area contributed by atoms with Crippen molar-refractivity contribution in [2.75, 3.05) is 48.0 Å². The molecule has 0 saturated carbocycles. The number of likely N-dealkylation sites (N-methyl/N-ethyl adjacent to an activating group) is 1. The molecule has 0 unspecified atom stereocenters. The molecule has 0 spiro atoms. The molecule has 1 aromatic heterocycles. The van der Waals surface area contributed by atoms with Gasteiger partial charge in [-0.25, -0.2) is 4.79 Å². The van der Waals surface area contributed by atoms with E-state index in [4.69, 9.17) is 42.6 Å². The summed E-state index contributed by atoms with van der Waals surface area (Å²) in [5, 5.41) is 39.0. The first-order valence-corrected chi connectivity index (χ1v) is 28.2. The predicted octanol–water partition coefficient (Wildman–Crippen LogP) is 5.28. The van der Waals surface area contributed by atoms with Crippen LogP contribution < -0.4 is 10.7 Å². The van der Waals surface area contributed by atoms with Crippen LogP contribution in [0.25, 0.3) is 10.9 Å². The van der Waals surface area contributed by atoms with Crippen LogP contribution in [-0.4, -0.2) is 181 Å². The fraction of sp³-hybridized carbons (Fsp3) is 0.746. The number of nitrogens with zero attached hydrogens (tertiary/aromatic N) is 2. The maximum atomic E-state index is 14.6. The highest BCUT2D eigenvalue weighted by Gasteiger charge is 2.55. The monoisotopic (exact) mass is 1120 g/mol. The number of aliphatic hydroxyl groups excluding tert-OH is 2. The maximum absolute atomic E-state index is 14.6. The summed E-state index contributed by atoms with van der Waals surface area (Å²) in [6.45, 7) is 23.9. The van der Waals surface area contributed by atoms with Crippen molar-refractivity contribution < 1.29 is 77.1 Å². The maximum Gasteiger partial charge on any atom is 0.343 e. The number of pyridine rings is 1. The summed E-state index contributed by atoms with van der Waals surface area (Å²) in [4.78, 5) is 70.3. The van der Waals surface area contributed by atoms with Crippen molar-refractivity contribution in [2.24, 2.45) is 23.7 Å². The number of ether oxygens (including phenoxy) is 9. The van der Waals surface area contributed by atoms with Gasteiger partial charge in [0.15, 0.2) is 18.7 Å². The van der Waals surface area contributed by atoms with Crippen LogP contribution in [0, 0.1) is 23.7 Å². The van der Waals surface area contributed by atoms with Gasteiger partial charge < -0.3 is 72.7 Å². The van der Waals surface area contributed by atoms with Gasteiger partial charge in [0.1, 0.15) is 41.4 Å². The Bertz CT molecular complexity index is 2450. The van der Waals surface area contributed by atoms with E-state index < -0.39 is 119 Å². The molecule has 0 amide bonds. The van der Waals surface area contributed by atoms with Crippen molar-refractivity contribution in [3.8, 4) is 0 Å². The van der Waals surface area contributed by atoms with E-state index in [1.165, 1.54) is 33.4 Å². The molecule has 4 heterocycles. The molecular weight excluding hydrogens is 1020 g/mol. The van der Waals surface area contributed by atoms with Crippen LogP contribution in [0.1, 0.15) is 131 Å². The number of aromatic nitrogens is 1. The van der Waals surface area contributed by atoms with Crippen molar-refractivity contribution in [1.82, 2.24) is 14.8 Å². The van der Waals surface area contributed by atoms with Crippen molar-refractivity contribution in [2.45, 2.75) is 212 Å². The van der Waals surface area contributed by atoms with E-state index in [0.717, 1.165) is 11.1 Å². The van der Waals surface area contributed by atoms with Gasteiger partial charge in [-0.2, -0.15) is 0 Å². The molecule has 2 aromatic rings. The number of fused-ring (bicyclic) bond motifs is 1. The molecule has 3 fully saturated rings. The zero-order valence-corrected chi connectivity index (χ0v) is 49.5. The molecule has 20 heteroatoms. The van der Waals surface area contributed by atoms with E-state index in [1.54, 1.807) is 48.5 Å². The number of aryl methyl sites for hydroxylation is 2. The van der Waals surface area contributed by atoms with Gasteiger partial charge in [0.25, 0.3) is 0 Å². The summed E-state index contributed by atoms with van der Waals surface area (Å²) in [6, 6.07) is 5.32. The smallest absolute Gasteiger partial charge is 0.343 e. The fourth-order valence-electron chi connectivity index (χ4n) is 11.9. The fourth-order valence-corrected chi connectivity index (χ4v) is 11.9. The number of ketones is 1. The van der Waals surface area contributed by atoms with Crippen LogP contribution >= 0.6 is 0 Å². The summed E-state index contributed by atoms with van der Waals surface area (Å²) in [6.07, 6.45) is -5.22. The topological polar surface area (TPSA) is 249 Å². The number of carbonyl (C=O) groups is 4. The first-order valence-electron chi connectivity index (χ1n) is 28.2. The van der Waals surface area contributed by atoms with Gasteiger partial charge in [-0.1, -0.05) is 46.4 Å². The zero-order chi connectivity index (χ0) is 58.9. The molecule has 3 aliphatic rings. The third-order valence-corrected chi connectivity index (χ3v) is 16.8. The summed E-state index contributed by atoms with van der Waals surface area (Å²) >= 11 is 0. The third-order valence-electron chi connectivity index (χ3n) is 16.8. The normalized spacial score (nSPS) is 36.1. The number of carbonyl (C=O) groups excluding carboxylic acids is 4. The van der Waals surface area contributed by atoms with Gasteiger partial charge in [-0.3, -0.25) is 19.2 Å². The quantitative estimate of drug-likeness (QED) is 0.0570. The van der Waals surface area contributed by atoms with Gasteiger partial charge in [-0.15, -0.1) is 0 Å². The Hall–Kier alpha value is -4.19. The number of cyclic esters (lactones) is 1. The molecule has 0 bridgehead atoms. The van der Waals surface area contributed by atoms with E-state index in [2.05, 4.69) is 11.9 Å². The largest absolute Gasteiger partial charge is 0.459 e. The number of methoxy groups -OCH3 is 2. The summed E-state index contributed by atoms with van der Waals surface area (Å²) in [7, 11) is 6.74. The Morgan fingerprint density at radius 2 is 1.59 bits per heavy atom. The number of aliphatic hydroxyl groups is 3. The molecule has 18 atom stereocenters. The molecule has 5 rings (SSSR count). The molecular formula is C59H93N3O17. The summed E-state index contributed by atoms with van der Waals surface area (Å²) in [5.41, 5.74) is -3.30. The van der Waals surface area contributed by atoms with Crippen LogP contribution in [0.4, 0.5) is 0 Å². The minimum Gasteiger partial charge on any atom is -0.459 e. The zero-order valence-electron chi connectivity index (χ0n) is 49.5. The van der Waals surface area contributed by atoms with Gasteiger partial charge >= 0.3 is 17.9 Å². The highest BCUT2D eigenvalue weighted by atomic mass is 16.7. The van der Waals surface area contributed by atoms with Crippen LogP contribution in [0.5, 0.6) is 0 Å². The Kier molecular flexibility index (Phi) is 23.4. The molecule has 446 valence electrons. The molecule has 79 heavy (non-hydrogen) atoms. The van der Waals surface area contributed by atoms with Gasteiger partial charge in [0, 0.05) is 69.1 Å². The summed E-state index contributed by atoms with van der Waals surface area (Å²) < 4.78 is 58.4. The number of hydrogen-bond donors (Lipinski definition) is 4. The summed E-state index contributed by atoms with van der Waals surface area (Å²) in [5.74, 6) is -6.01. The van der Waals surface area contributed by atoms with Crippen LogP contribution in [0.15, 0.2) is 41.8 Å². The van der Waals surface area contributed by atoms with E-state index in [1.807, 2.05) is 62.5 Å².